The van der Waals surface area contributed by atoms with E-state index >= 15 is 0 Å². The van der Waals surface area contributed by atoms with E-state index in [1.54, 1.807) is 13.1 Å². The lowest BCUT2D eigenvalue weighted by atomic mass is 9.90. The van der Waals surface area contributed by atoms with E-state index < -0.39 is 0 Å². The van der Waals surface area contributed by atoms with Crippen LogP contribution in [0.4, 0.5) is 0 Å². The minimum absolute atomic E-state index is 0.346. The fourth-order valence-corrected chi connectivity index (χ4v) is 2.63. The van der Waals surface area contributed by atoms with E-state index in [0.717, 1.165) is 28.8 Å². The maximum Gasteiger partial charge on any atom is 0.356 e. The summed E-state index contributed by atoms with van der Waals surface area (Å²) >= 11 is 6.09. The second-order valence-corrected chi connectivity index (χ2v) is 4.63. The molecule has 98 valence electrons. The lowest BCUT2D eigenvalue weighted by Gasteiger charge is -2.16. The van der Waals surface area contributed by atoms with Crippen molar-refractivity contribution in [3.63, 3.8) is 0 Å². The highest BCUT2D eigenvalue weighted by atomic mass is 35.5. The van der Waals surface area contributed by atoms with Gasteiger partial charge in [0.1, 0.15) is 10.8 Å². The van der Waals surface area contributed by atoms with Gasteiger partial charge in [-0.15, -0.1) is 0 Å². The molecule has 2 aromatic heterocycles. The summed E-state index contributed by atoms with van der Waals surface area (Å²) in [6.07, 6.45) is 3.11. The summed E-state index contributed by atoms with van der Waals surface area (Å²) in [7, 11) is 0. The van der Waals surface area contributed by atoms with Crippen molar-refractivity contribution >= 4 is 17.6 Å². The number of pyridine rings is 1. The third-order valence-corrected chi connectivity index (χ3v) is 3.56. The normalized spacial score (nSPS) is 12.7. The smallest absolute Gasteiger partial charge is 0.356 e. The van der Waals surface area contributed by atoms with E-state index in [-0.39, 0.29) is 5.97 Å². The maximum absolute atomic E-state index is 11.8. The summed E-state index contributed by atoms with van der Waals surface area (Å²) in [5.74, 6) is -0.361. The molecule has 1 aliphatic rings. The summed E-state index contributed by atoms with van der Waals surface area (Å²) < 4.78 is 5.02. The largest absolute Gasteiger partial charge is 0.461 e. The number of hydrogen-bond donors (Lipinski definition) is 1. The summed E-state index contributed by atoms with van der Waals surface area (Å²) in [6.45, 7) is 2.13. The van der Waals surface area contributed by atoms with Crippen LogP contribution in [0.15, 0.2) is 12.3 Å². The molecule has 0 radical (unpaired) electrons. The number of esters is 1. The second-order valence-electron chi connectivity index (χ2n) is 4.27. The average Bonchev–Trinajstić information content (AvgIpc) is 2.83. The van der Waals surface area contributed by atoms with Gasteiger partial charge in [0.2, 0.25) is 0 Å². The van der Waals surface area contributed by atoms with Gasteiger partial charge < -0.3 is 4.74 Å². The first-order valence-electron chi connectivity index (χ1n) is 6.10. The van der Waals surface area contributed by atoms with Crippen LogP contribution in [0.25, 0.3) is 11.3 Å². The fourth-order valence-electron chi connectivity index (χ4n) is 2.38. The van der Waals surface area contributed by atoms with Crippen molar-refractivity contribution < 1.29 is 9.53 Å². The Labute approximate surface area is 115 Å². The molecule has 1 N–H and O–H groups in total. The van der Waals surface area contributed by atoms with Crippen LogP contribution in [0.5, 0.6) is 0 Å². The van der Waals surface area contributed by atoms with Gasteiger partial charge in [0.25, 0.3) is 0 Å². The van der Waals surface area contributed by atoms with Gasteiger partial charge in [-0.25, -0.2) is 9.78 Å². The Bertz CT molecular complexity index is 651. The number of nitrogens with zero attached hydrogens (tertiary/aromatic N) is 2. The molecule has 0 saturated heterocycles. The monoisotopic (exact) mass is 277 g/mol. The number of rotatable bonds is 2. The number of ether oxygens (including phenoxy) is 1. The van der Waals surface area contributed by atoms with Crippen LogP contribution in [0.2, 0.25) is 5.15 Å². The Kier molecular flexibility index (Phi) is 2.98. The molecule has 5 nitrogen and oxygen atoms in total. The number of carbonyl (C=O) groups excluding carboxylic acids is 1. The molecule has 0 atom stereocenters. The number of nitrogens with one attached hydrogen (secondary N) is 1. The van der Waals surface area contributed by atoms with E-state index in [2.05, 4.69) is 15.2 Å². The van der Waals surface area contributed by atoms with E-state index in [4.69, 9.17) is 16.3 Å². The van der Waals surface area contributed by atoms with Crippen molar-refractivity contribution in [3.8, 4) is 11.3 Å². The van der Waals surface area contributed by atoms with E-state index in [0.29, 0.717) is 23.9 Å². The SMILES string of the molecule is CCOC(=O)c1[nH]nc2c1CCc1c-2ccnc1Cl. The van der Waals surface area contributed by atoms with Crippen LogP contribution in [0.1, 0.15) is 28.5 Å². The van der Waals surface area contributed by atoms with Gasteiger partial charge in [0.15, 0.2) is 0 Å². The van der Waals surface area contributed by atoms with E-state index in [1.165, 1.54) is 0 Å². The summed E-state index contributed by atoms with van der Waals surface area (Å²) in [6, 6.07) is 1.87. The van der Waals surface area contributed by atoms with Crippen molar-refractivity contribution in [2.45, 2.75) is 19.8 Å². The first-order valence-corrected chi connectivity index (χ1v) is 6.48. The van der Waals surface area contributed by atoms with Crippen LogP contribution in [-0.4, -0.2) is 27.8 Å². The molecular formula is C13H12ClN3O2. The van der Waals surface area contributed by atoms with Crippen LogP contribution >= 0.6 is 11.6 Å². The number of aromatic nitrogens is 3. The summed E-state index contributed by atoms with van der Waals surface area (Å²) in [4.78, 5) is 15.9. The second kappa shape index (κ2) is 4.66. The highest BCUT2D eigenvalue weighted by Gasteiger charge is 2.27. The van der Waals surface area contributed by atoms with Gasteiger partial charge in [-0.05, 0) is 31.4 Å². The van der Waals surface area contributed by atoms with Crippen molar-refractivity contribution in [1.82, 2.24) is 15.2 Å². The van der Waals surface area contributed by atoms with Crippen LogP contribution in [0, 0.1) is 0 Å². The quantitative estimate of drug-likeness (QED) is 0.676. The molecule has 0 spiro atoms. The molecule has 6 heteroatoms. The summed E-state index contributed by atoms with van der Waals surface area (Å²) in [5.41, 5.74) is 4.03. The average molecular weight is 278 g/mol. The van der Waals surface area contributed by atoms with Crippen molar-refractivity contribution in [1.29, 1.82) is 0 Å². The van der Waals surface area contributed by atoms with Crippen molar-refractivity contribution in [2.24, 2.45) is 0 Å². The molecule has 0 bridgehead atoms. The van der Waals surface area contributed by atoms with Crippen LogP contribution < -0.4 is 0 Å². The Morgan fingerprint density at radius 2 is 2.26 bits per heavy atom. The standard InChI is InChI=1S/C13H12ClN3O2/c1-2-19-13(18)11-9-4-3-8-7(10(9)16-17-11)5-6-15-12(8)14/h5-6H,2-4H2,1H3,(H,16,17). The predicted molar refractivity (Wildman–Crippen MR) is 70.2 cm³/mol. The van der Waals surface area contributed by atoms with Gasteiger partial charge in [-0.2, -0.15) is 5.10 Å². The Morgan fingerprint density at radius 1 is 1.47 bits per heavy atom. The zero-order valence-electron chi connectivity index (χ0n) is 10.4. The molecule has 0 fully saturated rings. The first kappa shape index (κ1) is 12.2. The van der Waals surface area contributed by atoms with Gasteiger partial charge in [0, 0.05) is 17.3 Å². The van der Waals surface area contributed by atoms with Gasteiger partial charge in [0.05, 0.1) is 12.3 Å². The lowest BCUT2D eigenvalue weighted by Crippen LogP contribution is -2.11. The van der Waals surface area contributed by atoms with Crippen molar-refractivity contribution in [2.75, 3.05) is 6.61 Å². The zero-order valence-corrected chi connectivity index (χ0v) is 11.1. The maximum atomic E-state index is 11.8. The molecule has 2 heterocycles. The number of hydrogen-bond acceptors (Lipinski definition) is 4. The highest BCUT2D eigenvalue weighted by Crippen LogP contribution is 2.35. The molecule has 0 saturated carbocycles. The first-order chi connectivity index (χ1) is 9.22. The Hall–Kier alpha value is -1.88. The minimum atomic E-state index is -0.361. The van der Waals surface area contributed by atoms with E-state index in [1.807, 2.05) is 6.07 Å². The number of H-pyrrole nitrogens is 1. The fraction of sp³-hybridized carbons (Fsp3) is 0.308. The molecule has 3 rings (SSSR count). The van der Waals surface area contributed by atoms with Crippen LogP contribution in [0.3, 0.4) is 0 Å². The number of carbonyl (C=O) groups is 1. The molecule has 1 aliphatic carbocycles. The number of aromatic amines is 1. The predicted octanol–water partition coefficient (Wildman–Crippen LogP) is 2.40. The third kappa shape index (κ3) is 1.90. The van der Waals surface area contributed by atoms with E-state index in [9.17, 15) is 4.79 Å². The summed E-state index contributed by atoms with van der Waals surface area (Å²) in [5, 5.41) is 7.51. The van der Waals surface area contributed by atoms with Crippen LogP contribution in [-0.2, 0) is 17.6 Å². The topological polar surface area (TPSA) is 67.9 Å². The molecule has 0 aliphatic heterocycles. The Morgan fingerprint density at radius 3 is 3.05 bits per heavy atom. The zero-order chi connectivity index (χ0) is 13.4. The molecule has 19 heavy (non-hydrogen) atoms. The third-order valence-electron chi connectivity index (χ3n) is 3.23. The van der Waals surface area contributed by atoms with Gasteiger partial charge in [-0.3, -0.25) is 5.10 Å². The Balaban J connectivity index is 2.10. The molecule has 0 aromatic carbocycles. The minimum Gasteiger partial charge on any atom is -0.461 e. The van der Waals surface area contributed by atoms with Gasteiger partial charge >= 0.3 is 5.97 Å². The molecule has 0 amide bonds. The number of fused-ring (bicyclic) bond motifs is 3. The number of halogens is 1. The lowest BCUT2D eigenvalue weighted by molar-refractivity contribution is 0.0518. The molecule has 0 unspecified atom stereocenters. The highest BCUT2D eigenvalue weighted by molar-refractivity contribution is 6.30. The van der Waals surface area contributed by atoms with Crippen molar-refractivity contribution in [3.05, 3.63) is 34.2 Å². The molecular weight excluding hydrogens is 266 g/mol. The van der Waals surface area contributed by atoms with Gasteiger partial charge in [-0.1, -0.05) is 11.6 Å². The molecule has 2 aromatic rings.